The molecule has 4 N–H and O–H groups in total. The van der Waals surface area contributed by atoms with Crippen LogP contribution in [0.2, 0.25) is 0 Å². The molecule has 11 nitrogen and oxygen atoms in total. The zero-order chi connectivity index (χ0) is 25.0. The Morgan fingerprint density at radius 2 is 2.11 bits per heavy atom. The van der Waals surface area contributed by atoms with Crippen LogP contribution >= 0.6 is 0 Å². The SMILES string of the molecule is COC1CN(c2nn(CC(F)(F)F)c3cc(-c4[nH]ncc4NC(=O)N(C)C4(CN)CC4)ncc23)C1. The first-order valence-corrected chi connectivity index (χ1v) is 11.1. The van der Waals surface area contributed by atoms with Crippen molar-refractivity contribution >= 4 is 28.4 Å². The molecule has 1 aliphatic carbocycles. The summed E-state index contributed by atoms with van der Waals surface area (Å²) in [6.07, 6.45) is 0.136. The first-order valence-electron chi connectivity index (χ1n) is 11.1. The van der Waals surface area contributed by atoms with E-state index < -0.39 is 12.7 Å². The third kappa shape index (κ3) is 4.27. The molecule has 0 spiro atoms. The molecule has 3 aromatic heterocycles. The number of nitrogens with two attached hydrogens (primary N) is 1. The van der Waals surface area contributed by atoms with Crippen molar-refractivity contribution in [3.05, 3.63) is 18.5 Å². The second kappa shape index (κ2) is 8.37. The number of carbonyl (C=O) groups is 1. The Kier molecular flexibility index (Phi) is 5.59. The molecule has 3 aromatic rings. The van der Waals surface area contributed by atoms with Crippen LogP contribution in [0.1, 0.15) is 12.8 Å². The number of ether oxygens (including phenoxy) is 1. The van der Waals surface area contributed by atoms with Gasteiger partial charge in [0.2, 0.25) is 0 Å². The number of rotatable bonds is 7. The fourth-order valence-corrected chi connectivity index (χ4v) is 4.28. The molecule has 0 radical (unpaired) electrons. The van der Waals surface area contributed by atoms with Gasteiger partial charge in [-0.1, -0.05) is 0 Å². The average Bonchev–Trinajstić information content (AvgIpc) is 3.34. The summed E-state index contributed by atoms with van der Waals surface area (Å²) in [6.45, 7) is 0.184. The zero-order valence-corrected chi connectivity index (χ0v) is 19.3. The summed E-state index contributed by atoms with van der Waals surface area (Å²) in [5.74, 6) is 0.424. The van der Waals surface area contributed by atoms with Gasteiger partial charge in [0.25, 0.3) is 0 Å². The highest BCUT2D eigenvalue weighted by molar-refractivity contribution is 5.96. The summed E-state index contributed by atoms with van der Waals surface area (Å²) < 4.78 is 46.1. The summed E-state index contributed by atoms with van der Waals surface area (Å²) >= 11 is 0. The van der Waals surface area contributed by atoms with Gasteiger partial charge < -0.3 is 25.6 Å². The highest BCUT2D eigenvalue weighted by atomic mass is 19.4. The van der Waals surface area contributed by atoms with Crippen molar-refractivity contribution in [2.45, 2.75) is 37.2 Å². The molecule has 2 fully saturated rings. The topological polar surface area (TPSA) is 130 Å². The number of pyridine rings is 1. The van der Waals surface area contributed by atoms with Crippen LogP contribution in [0, 0.1) is 0 Å². The number of urea groups is 1. The number of hydrogen-bond donors (Lipinski definition) is 3. The number of amides is 2. The Balaban J connectivity index is 1.46. The number of H-pyrrole nitrogens is 1. The lowest BCUT2D eigenvalue weighted by atomic mass is 10.1. The molecule has 2 aliphatic rings. The minimum atomic E-state index is -4.46. The van der Waals surface area contributed by atoms with Crippen LogP contribution in [-0.4, -0.2) is 87.5 Å². The van der Waals surface area contributed by atoms with Crippen molar-refractivity contribution in [1.82, 2.24) is 29.9 Å². The number of aromatic amines is 1. The molecule has 2 amide bonds. The molecule has 0 atom stereocenters. The van der Waals surface area contributed by atoms with Crippen LogP contribution in [-0.2, 0) is 11.3 Å². The van der Waals surface area contributed by atoms with Gasteiger partial charge in [-0.05, 0) is 18.9 Å². The minimum absolute atomic E-state index is 0.00777. The van der Waals surface area contributed by atoms with E-state index in [1.807, 2.05) is 4.90 Å². The van der Waals surface area contributed by atoms with Gasteiger partial charge in [0, 0.05) is 40.0 Å². The molecular weight excluding hydrogens is 467 g/mol. The number of likely N-dealkylation sites (N-methyl/N-ethyl adjacent to an activating group) is 1. The average molecular weight is 493 g/mol. The number of fused-ring (bicyclic) bond motifs is 1. The van der Waals surface area contributed by atoms with Crippen LogP contribution in [0.15, 0.2) is 18.5 Å². The Hall–Kier alpha value is -3.39. The van der Waals surface area contributed by atoms with Gasteiger partial charge in [0.05, 0.1) is 40.1 Å². The number of halogens is 3. The van der Waals surface area contributed by atoms with Crippen molar-refractivity contribution in [2.24, 2.45) is 5.73 Å². The van der Waals surface area contributed by atoms with Crippen LogP contribution in [0.4, 0.5) is 29.5 Å². The number of nitrogens with zero attached hydrogens (tertiary/aromatic N) is 6. The summed E-state index contributed by atoms with van der Waals surface area (Å²) in [7, 11) is 3.27. The van der Waals surface area contributed by atoms with Crippen molar-refractivity contribution in [3.8, 4) is 11.4 Å². The van der Waals surface area contributed by atoms with E-state index in [0.29, 0.717) is 47.9 Å². The largest absolute Gasteiger partial charge is 0.408 e. The van der Waals surface area contributed by atoms with E-state index in [9.17, 15) is 18.0 Å². The molecule has 4 heterocycles. The number of methoxy groups -OCH3 is 1. The van der Waals surface area contributed by atoms with E-state index in [0.717, 1.165) is 17.5 Å². The van der Waals surface area contributed by atoms with Crippen LogP contribution < -0.4 is 16.0 Å². The van der Waals surface area contributed by atoms with E-state index in [1.54, 1.807) is 19.1 Å². The standard InChI is InChI=1S/C21H26F3N9O2/c1-31(20(10-25)3-4-20)19(34)28-15-7-27-29-17(15)14-5-16-13(6-26-14)18(32-8-12(9-32)35-2)30-33(16)11-21(22,23)24/h5-7,12H,3-4,8-11,25H2,1-2H3,(H,27,29)(H,28,34). The fraction of sp³-hybridized carbons (Fsp3) is 0.524. The van der Waals surface area contributed by atoms with Gasteiger partial charge in [0.1, 0.15) is 12.2 Å². The Morgan fingerprint density at radius 1 is 1.37 bits per heavy atom. The number of hydrogen-bond acceptors (Lipinski definition) is 7. The Bertz CT molecular complexity index is 1240. The molecule has 1 saturated heterocycles. The van der Waals surface area contributed by atoms with Crippen molar-refractivity contribution in [1.29, 1.82) is 0 Å². The maximum atomic E-state index is 13.3. The second-order valence-electron chi connectivity index (χ2n) is 9.02. The number of nitrogens with one attached hydrogen (secondary N) is 2. The molecule has 35 heavy (non-hydrogen) atoms. The molecular formula is C21H26F3N9O2. The molecule has 5 rings (SSSR count). The summed E-state index contributed by atoms with van der Waals surface area (Å²) in [4.78, 5) is 20.6. The Morgan fingerprint density at radius 3 is 2.74 bits per heavy atom. The van der Waals surface area contributed by atoms with Gasteiger partial charge in [-0.2, -0.15) is 23.4 Å². The van der Waals surface area contributed by atoms with Gasteiger partial charge >= 0.3 is 12.2 Å². The number of anilines is 2. The smallest absolute Gasteiger partial charge is 0.378 e. The Labute approximate surface area is 198 Å². The molecule has 0 unspecified atom stereocenters. The van der Waals surface area contributed by atoms with Gasteiger partial charge in [-0.3, -0.25) is 14.8 Å². The number of alkyl halides is 3. The first-order chi connectivity index (χ1) is 16.6. The number of carbonyl (C=O) groups excluding carboxylic acids is 1. The first kappa shape index (κ1) is 23.4. The lowest BCUT2D eigenvalue weighted by Gasteiger charge is -2.38. The molecule has 0 bridgehead atoms. The third-order valence-corrected chi connectivity index (χ3v) is 6.79. The minimum Gasteiger partial charge on any atom is -0.378 e. The molecule has 0 aromatic carbocycles. The third-order valence-electron chi connectivity index (χ3n) is 6.79. The summed E-state index contributed by atoms with van der Waals surface area (Å²) in [5.41, 5.74) is 6.79. The second-order valence-corrected chi connectivity index (χ2v) is 9.02. The lowest BCUT2D eigenvalue weighted by molar-refractivity contribution is -0.141. The molecule has 188 valence electrons. The van der Waals surface area contributed by atoms with E-state index in [1.165, 1.54) is 18.5 Å². The van der Waals surface area contributed by atoms with E-state index in [4.69, 9.17) is 10.5 Å². The highest BCUT2D eigenvalue weighted by Crippen LogP contribution is 2.40. The van der Waals surface area contributed by atoms with Gasteiger partial charge in [-0.15, -0.1) is 0 Å². The van der Waals surface area contributed by atoms with Crippen molar-refractivity contribution in [3.63, 3.8) is 0 Å². The quantitative estimate of drug-likeness (QED) is 0.460. The van der Waals surface area contributed by atoms with E-state index >= 15 is 0 Å². The zero-order valence-electron chi connectivity index (χ0n) is 19.3. The maximum Gasteiger partial charge on any atom is 0.408 e. The highest BCUT2D eigenvalue weighted by Gasteiger charge is 2.47. The van der Waals surface area contributed by atoms with E-state index in [-0.39, 0.29) is 23.2 Å². The molecule has 1 aliphatic heterocycles. The van der Waals surface area contributed by atoms with Gasteiger partial charge in [-0.25, -0.2) is 4.79 Å². The van der Waals surface area contributed by atoms with E-state index in [2.05, 4.69) is 25.6 Å². The lowest BCUT2D eigenvalue weighted by Crippen LogP contribution is -2.52. The number of aromatic nitrogens is 5. The molecule has 14 heteroatoms. The maximum absolute atomic E-state index is 13.3. The summed E-state index contributed by atoms with van der Waals surface area (Å²) in [6, 6.07) is 1.16. The van der Waals surface area contributed by atoms with Crippen LogP contribution in [0.3, 0.4) is 0 Å². The predicted octanol–water partition coefficient (Wildman–Crippen LogP) is 2.17. The summed E-state index contributed by atoms with van der Waals surface area (Å²) in [5, 5.41) is 14.3. The fourth-order valence-electron chi connectivity index (χ4n) is 4.28. The predicted molar refractivity (Wildman–Crippen MR) is 122 cm³/mol. The van der Waals surface area contributed by atoms with Crippen molar-refractivity contribution < 1.29 is 22.7 Å². The van der Waals surface area contributed by atoms with Gasteiger partial charge in [0.15, 0.2) is 5.82 Å². The normalized spacial score (nSPS) is 17.5. The monoisotopic (exact) mass is 493 g/mol. The van der Waals surface area contributed by atoms with Crippen LogP contribution in [0.25, 0.3) is 22.3 Å². The van der Waals surface area contributed by atoms with Crippen molar-refractivity contribution in [2.75, 3.05) is 44.0 Å². The molecule has 1 saturated carbocycles. The van der Waals surface area contributed by atoms with Crippen LogP contribution in [0.5, 0.6) is 0 Å².